The average Bonchev–Trinajstić information content (AvgIpc) is 2.90. The van der Waals surface area contributed by atoms with Crippen LogP contribution in [-0.4, -0.2) is 23.5 Å². The number of rotatable bonds is 3. The number of fused-ring (bicyclic) bond motifs is 1. The minimum absolute atomic E-state index is 0.113. The Balaban J connectivity index is 1.89. The fraction of sp³-hybridized carbons (Fsp3) is 0.529. The Bertz CT molecular complexity index is 629. The second kappa shape index (κ2) is 5.64. The maximum Gasteiger partial charge on any atom is 0.134 e. The van der Waals surface area contributed by atoms with Crippen LogP contribution in [0, 0.1) is 0 Å². The molecule has 114 valence electrons. The first-order valence-electron chi connectivity index (χ1n) is 7.68. The maximum atomic E-state index is 6.54. The molecule has 2 aromatic rings. The highest BCUT2D eigenvalue weighted by atomic mass is 35.5. The summed E-state index contributed by atoms with van der Waals surface area (Å²) in [5.41, 5.74) is 7.27. The zero-order valence-corrected chi connectivity index (χ0v) is 13.5. The average molecular weight is 307 g/mol. The van der Waals surface area contributed by atoms with Gasteiger partial charge in [-0.05, 0) is 64.0 Å². The van der Waals surface area contributed by atoms with E-state index < -0.39 is 0 Å². The molecule has 3 nitrogen and oxygen atoms in total. The van der Waals surface area contributed by atoms with Crippen molar-refractivity contribution >= 4 is 22.6 Å². The molecule has 3 rings (SSSR count). The molecule has 0 radical (unpaired) electrons. The summed E-state index contributed by atoms with van der Waals surface area (Å²) in [5, 5.41) is 1.74. The third-order valence-corrected chi connectivity index (χ3v) is 4.97. The van der Waals surface area contributed by atoms with Crippen LogP contribution in [0.1, 0.15) is 44.9 Å². The summed E-state index contributed by atoms with van der Waals surface area (Å²) in [4.78, 5) is 2.49. The summed E-state index contributed by atoms with van der Waals surface area (Å²) in [6.45, 7) is 6.66. The minimum Gasteiger partial charge on any atom is -0.459 e. The Morgan fingerprint density at radius 2 is 1.90 bits per heavy atom. The van der Waals surface area contributed by atoms with Gasteiger partial charge in [0.05, 0.1) is 6.04 Å². The largest absolute Gasteiger partial charge is 0.459 e. The van der Waals surface area contributed by atoms with Crippen molar-refractivity contribution < 1.29 is 4.42 Å². The maximum absolute atomic E-state index is 6.54. The molecule has 1 atom stereocenters. The van der Waals surface area contributed by atoms with Crippen molar-refractivity contribution in [2.75, 3.05) is 13.1 Å². The summed E-state index contributed by atoms with van der Waals surface area (Å²) in [7, 11) is 0. The molecule has 1 fully saturated rings. The molecule has 2 N–H and O–H groups in total. The van der Waals surface area contributed by atoms with Crippen LogP contribution in [0.4, 0.5) is 0 Å². The lowest BCUT2D eigenvalue weighted by atomic mass is 9.89. The highest BCUT2D eigenvalue weighted by Gasteiger charge is 2.36. The molecule has 1 aromatic heterocycles. The predicted molar refractivity (Wildman–Crippen MR) is 87.7 cm³/mol. The van der Waals surface area contributed by atoms with E-state index in [0.717, 1.165) is 34.8 Å². The standard InChI is InChI=1S/C17H23ClN2O/c1-17(2,20-8-4-3-5-9-20)16(19)15-11-12-10-13(18)6-7-14(12)21-15/h6-7,10-11,16H,3-5,8-9,19H2,1-2H3. The number of likely N-dealkylation sites (tertiary alicyclic amines) is 1. The Labute approximate surface area is 131 Å². The van der Waals surface area contributed by atoms with Crippen LogP contribution in [0.5, 0.6) is 0 Å². The number of nitrogens with two attached hydrogens (primary N) is 1. The fourth-order valence-electron chi connectivity index (χ4n) is 3.20. The van der Waals surface area contributed by atoms with Crippen LogP contribution in [0.25, 0.3) is 11.0 Å². The van der Waals surface area contributed by atoms with Gasteiger partial charge >= 0.3 is 0 Å². The van der Waals surface area contributed by atoms with Crippen LogP contribution in [-0.2, 0) is 0 Å². The van der Waals surface area contributed by atoms with Crippen molar-refractivity contribution in [3.63, 3.8) is 0 Å². The number of halogens is 1. The normalized spacial score (nSPS) is 19.0. The van der Waals surface area contributed by atoms with Crippen molar-refractivity contribution in [3.8, 4) is 0 Å². The van der Waals surface area contributed by atoms with Crippen LogP contribution in [0.2, 0.25) is 5.02 Å². The minimum atomic E-state index is -0.151. The number of benzene rings is 1. The highest BCUT2D eigenvalue weighted by Crippen LogP contribution is 2.34. The van der Waals surface area contributed by atoms with Gasteiger partial charge in [-0.2, -0.15) is 0 Å². The van der Waals surface area contributed by atoms with E-state index in [4.69, 9.17) is 21.8 Å². The second-order valence-electron chi connectivity index (χ2n) is 6.51. The zero-order valence-electron chi connectivity index (χ0n) is 12.7. The van der Waals surface area contributed by atoms with E-state index in [1.54, 1.807) is 0 Å². The zero-order chi connectivity index (χ0) is 15.0. The smallest absolute Gasteiger partial charge is 0.134 e. The molecule has 1 aliphatic rings. The van der Waals surface area contributed by atoms with E-state index in [0.29, 0.717) is 0 Å². The molecule has 1 aromatic carbocycles. The van der Waals surface area contributed by atoms with Gasteiger partial charge in [0.15, 0.2) is 0 Å². The molecular weight excluding hydrogens is 284 g/mol. The Hall–Kier alpha value is -1.03. The first-order valence-corrected chi connectivity index (χ1v) is 8.06. The van der Waals surface area contributed by atoms with Crippen molar-refractivity contribution in [3.05, 3.63) is 35.0 Å². The summed E-state index contributed by atoms with van der Waals surface area (Å²) in [6, 6.07) is 7.55. The summed E-state index contributed by atoms with van der Waals surface area (Å²) in [5.74, 6) is 0.836. The van der Waals surface area contributed by atoms with Crippen molar-refractivity contribution in [1.82, 2.24) is 4.90 Å². The highest BCUT2D eigenvalue weighted by molar-refractivity contribution is 6.31. The Kier molecular flexibility index (Phi) is 4.00. The monoisotopic (exact) mass is 306 g/mol. The number of piperidine rings is 1. The quantitative estimate of drug-likeness (QED) is 0.916. The van der Waals surface area contributed by atoms with Crippen molar-refractivity contribution in [2.24, 2.45) is 5.73 Å². The van der Waals surface area contributed by atoms with E-state index in [-0.39, 0.29) is 11.6 Å². The molecule has 0 saturated carbocycles. The topological polar surface area (TPSA) is 42.4 Å². The molecule has 1 aliphatic heterocycles. The summed E-state index contributed by atoms with van der Waals surface area (Å²) in [6.07, 6.45) is 3.84. The van der Waals surface area contributed by atoms with Crippen molar-refractivity contribution in [1.29, 1.82) is 0 Å². The number of hydrogen-bond acceptors (Lipinski definition) is 3. The molecule has 21 heavy (non-hydrogen) atoms. The first kappa shape index (κ1) is 14.9. The van der Waals surface area contributed by atoms with Gasteiger partial charge in [-0.1, -0.05) is 18.0 Å². The fourth-order valence-corrected chi connectivity index (χ4v) is 3.38. The van der Waals surface area contributed by atoms with Gasteiger partial charge < -0.3 is 10.2 Å². The predicted octanol–water partition coefficient (Wildman–Crippen LogP) is 4.35. The van der Waals surface area contributed by atoms with Gasteiger partial charge in [0.1, 0.15) is 11.3 Å². The van der Waals surface area contributed by atoms with Gasteiger partial charge in [0, 0.05) is 15.9 Å². The SMILES string of the molecule is CC(C)(C(N)c1cc2cc(Cl)ccc2o1)N1CCCCC1. The number of hydrogen-bond donors (Lipinski definition) is 1. The Morgan fingerprint density at radius 1 is 1.19 bits per heavy atom. The molecule has 0 bridgehead atoms. The third kappa shape index (κ3) is 2.83. The molecule has 4 heteroatoms. The van der Waals surface area contributed by atoms with Gasteiger partial charge in [-0.25, -0.2) is 0 Å². The second-order valence-corrected chi connectivity index (χ2v) is 6.95. The molecule has 0 spiro atoms. The molecule has 0 aliphatic carbocycles. The lowest BCUT2D eigenvalue weighted by Gasteiger charge is -2.43. The summed E-state index contributed by atoms with van der Waals surface area (Å²) >= 11 is 6.04. The number of nitrogens with zero attached hydrogens (tertiary/aromatic N) is 1. The van der Waals surface area contributed by atoms with Crippen LogP contribution in [0.3, 0.4) is 0 Å². The van der Waals surface area contributed by atoms with Crippen molar-refractivity contribution in [2.45, 2.75) is 44.7 Å². The molecule has 0 amide bonds. The van der Waals surface area contributed by atoms with E-state index in [1.807, 2.05) is 24.3 Å². The Morgan fingerprint density at radius 3 is 2.62 bits per heavy atom. The van der Waals surface area contributed by atoms with Gasteiger partial charge in [0.2, 0.25) is 0 Å². The van der Waals surface area contributed by atoms with Crippen LogP contribution >= 0.6 is 11.6 Å². The molecular formula is C17H23ClN2O. The lowest BCUT2D eigenvalue weighted by Crippen LogP contribution is -2.52. The summed E-state index contributed by atoms with van der Waals surface area (Å²) < 4.78 is 5.95. The lowest BCUT2D eigenvalue weighted by molar-refractivity contribution is 0.0671. The van der Waals surface area contributed by atoms with Gasteiger partial charge in [0.25, 0.3) is 0 Å². The molecule has 1 saturated heterocycles. The van der Waals surface area contributed by atoms with Crippen LogP contribution < -0.4 is 5.73 Å². The van der Waals surface area contributed by atoms with E-state index in [2.05, 4.69) is 18.7 Å². The molecule has 2 heterocycles. The van der Waals surface area contributed by atoms with E-state index in [1.165, 1.54) is 19.3 Å². The van der Waals surface area contributed by atoms with Gasteiger partial charge in [-0.15, -0.1) is 0 Å². The first-order chi connectivity index (χ1) is 9.98. The van der Waals surface area contributed by atoms with Crippen LogP contribution in [0.15, 0.2) is 28.7 Å². The van der Waals surface area contributed by atoms with E-state index in [9.17, 15) is 0 Å². The third-order valence-electron chi connectivity index (χ3n) is 4.74. The number of furan rings is 1. The van der Waals surface area contributed by atoms with E-state index >= 15 is 0 Å². The van der Waals surface area contributed by atoms with Gasteiger partial charge in [-0.3, -0.25) is 4.90 Å². The molecule has 1 unspecified atom stereocenters.